The lowest BCUT2D eigenvalue weighted by Gasteiger charge is -2.28. The van der Waals surface area contributed by atoms with E-state index < -0.39 is 0 Å². The molecule has 2 aliphatic rings. The fourth-order valence-electron chi connectivity index (χ4n) is 4.17. The molecule has 2 atom stereocenters. The molecule has 2 saturated heterocycles. The summed E-state index contributed by atoms with van der Waals surface area (Å²) in [5, 5.41) is 6.45. The van der Waals surface area contributed by atoms with Gasteiger partial charge in [-0.25, -0.2) is 5.10 Å². The van der Waals surface area contributed by atoms with E-state index in [4.69, 9.17) is 0 Å². The van der Waals surface area contributed by atoms with Crippen molar-refractivity contribution in [1.82, 2.24) is 20.0 Å². The summed E-state index contributed by atoms with van der Waals surface area (Å²) >= 11 is 0. The van der Waals surface area contributed by atoms with Gasteiger partial charge in [-0.2, -0.15) is 5.10 Å². The van der Waals surface area contributed by atoms with E-state index in [1.165, 1.54) is 18.9 Å². The van der Waals surface area contributed by atoms with Crippen LogP contribution in [0.15, 0.2) is 41.2 Å². The van der Waals surface area contributed by atoms with Gasteiger partial charge >= 0.3 is 0 Å². The fraction of sp³-hybridized carbons (Fsp3) is 0.450. The first-order valence-corrected chi connectivity index (χ1v) is 9.33. The molecule has 6 heteroatoms. The van der Waals surface area contributed by atoms with Crippen LogP contribution in [0.4, 0.5) is 0 Å². The number of aromatic nitrogens is 2. The van der Waals surface area contributed by atoms with Gasteiger partial charge in [0.2, 0.25) is 0 Å². The highest BCUT2D eigenvalue weighted by Gasteiger charge is 2.34. The second-order valence-electron chi connectivity index (χ2n) is 7.31. The van der Waals surface area contributed by atoms with Crippen LogP contribution in [0.3, 0.4) is 0 Å². The van der Waals surface area contributed by atoms with Crippen LogP contribution in [-0.2, 0) is 0 Å². The number of carbonyl (C=O) groups is 1. The quantitative estimate of drug-likeness (QED) is 0.919. The van der Waals surface area contributed by atoms with Crippen molar-refractivity contribution in [1.29, 1.82) is 0 Å². The van der Waals surface area contributed by atoms with Gasteiger partial charge in [-0.1, -0.05) is 12.1 Å². The molecule has 3 heterocycles. The number of H-pyrrole nitrogens is 1. The first kappa shape index (κ1) is 17.0. The van der Waals surface area contributed by atoms with E-state index in [1.54, 1.807) is 6.07 Å². The molecule has 0 bridgehead atoms. The molecule has 2 aliphatic heterocycles. The molecule has 0 radical (unpaired) electrons. The van der Waals surface area contributed by atoms with Crippen LogP contribution in [0.5, 0.6) is 0 Å². The van der Waals surface area contributed by atoms with E-state index in [1.807, 2.05) is 29.2 Å². The molecule has 1 N–H and O–H groups in total. The maximum absolute atomic E-state index is 12.8. The Kier molecular flexibility index (Phi) is 4.59. The Morgan fingerprint density at radius 1 is 1.12 bits per heavy atom. The lowest BCUT2D eigenvalue weighted by Crippen LogP contribution is -2.40. The molecule has 1 amide bonds. The normalized spacial score (nSPS) is 23.5. The van der Waals surface area contributed by atoms with Crippen LogP contribution in [0.25, 0.3) is 11.3 Å². The van der Waals surface area contributed by atoms with Gasteiger partial charge < -0.3 is 4.90 Å². The fourth-order valence-corrected chi connectivity index (χ4v) is 4.17. The zero-order valence-corrected chi connectivity index (χ0v) is 15.0. The predicted octanol–water partition coefficient (Wildman–Crippen LogP) is 2.14. The highest BCUT2D eigenvalue weighted by molar-refractivity contribution is 5.94. The Morgan fingerprint density at radius 3 is 2.58 bits per heavy atom. The van der Waals surface area contributed by atoms with Gasteiger partial charge in [0.05, 0.1) is 5.69 Å². The van der Waals surface area contributed by atoms with Gasteiger partial charge in [-0.05, 0) is 50.9 Å². The van der Waals surface area contributed by atoms with Gasteiger partial charge in [0.1, 0.15) is 0 Å². The van der Waals surface area contributed by atoms with E-state index in [9.17, 15) is 9.59 Å². The molecule has 0 saturated carbocycles. The van der Waals surface area contributed by atoms with Crippen molar-refractivity contribution in [3.8, 4) is 11.3 Å². The number of hydrogen-bond donors (Lipinski definition) is 1. The maximum Gasteiger partial charge on any atom is 0.264 e. The number of hydrogen-bond acceptors (Lipinski definition) is 4. The molecule has 0 aliphatic carbocycles. The monoisotopic (exact) mass is 352 g/mol. The summed E-state index contributed by atoms with van der Waals surface area (Å²) in [4.78, 5) is 28.5. The third-order valence-electron chi connectivity index (χ3n) is 5.63. The summed E-state index contributed by atoms with van der Waals surface area (Å²) < 4.78 is 0. The summed E-state index contributed by atoms with van der Waals surface area (Å²) in [6.45, 7) is 5.11. The van der Waals surface area contributed by atoms with E-state index in [2.05, 4.69) is 22.0 Å². The maximum atomic E-state index is 12.8. The highest BCUT2D eigenvalue weighted by atomic mass is 16.2. The van der Waals surface area contributed by atoms with Crippen molar-refractivity contribution in [2.75, 3.05) is 19.6 Å². The Bertz CT molecular complexity index is 825. The summed E-state index contributed by atoms with van der Waals surface area (Å²) in [5.41, 5.74) is 2.04. The minimum atomic E-state index is -0.226. The van der Waals surface area contributed by atoms with Gasteiger partial charge in [0.25, 0.3) is 11.5 Å². The van der Waals surface area contributed by atoms with E-state index in [0.717, 1.165) is 31.6 Å². The first-order valence-electron chi connectivity index (χ1n) is 9.33. The number of benzene rings is 1. The van der Waals surface area contributed by atoms with Crippen molar-refractivity contribution in [3.63, 3.8) is 0 Å². The van der Waals surface area contributed by atoms with Crippen molar-refractivity contribution in [2.24, 2.45) is 0 Å². The van der Waals surface area contributed by atoms with Gasteiger partial charge in [-0.3, -0.25) is 14.5 Å². The van der Waals surface area contributed by atoms with Crippen molar-refractivity contribution < 1.29 is 4.79 Å². The summed E-state index contributed by atoms with van der Waals surface area (Å²) in [7, 11) is 0. The van der Waals surface area contributed by atoms with Crippen LogP contribution < -0.4 is 5.56 Å². The van der Waals surface area contributed by atoms with Crippen molar-refractivity contribution in [2.45, 2.75) is 38.3 Å². The van der Waals surface area contributed by atoms with Crippen LogP contribution in [0.1, 0.15) is 36.5 Å². The number of nitrogens with zero attached hydrogens (tertiary/aromatic N) is 3. The summed E-state index contributed by atoms with van der Waals surface area (Å²) in [6.07, 6.45) is 3.60. The van der Waals surface area contributed by atoms with Crippen LogP contribution in [-0.4, -0.2) is 57.6 Å². The zero-order chi connectivity index (χ0) is 18.1. The third kappa shape index (κ3) is 3.29. The molecule has 1 unspecified atom stereocenters. The summed E-state index contributed by atoms with van der Waals surface area (Å²) in [6, 6.07) is 11.7. The van der Waals surface area contributed by atoms with Gasteiger partial charge in [0, 0.05) is 42.4 Å². The zero-order valence-electron chi connectivity index (χ0n) is 15.0. The molecule has 6 nitrogen and oxygen atoms in total. The number of carbonyl (C=O) groups excluding carboxylic acids is 1. The Morgan fingerprint density at radius 2 is 1.92 bits per heavy atom. The standard InChI is InChI=1S/C20H24N4O2/c1-14-3-2-11-24(14)17-10-12-23(13-17)20(26)16-6-4-15(5-7-16)18-8-9-19(25)22-21-18/h4-9,14,17H,2-3,10-13H2,1H3,(H,22,25)/t14-,17?/m1/s1. The minimum absolute atomic E-state index is 0.0975. The molecule has 136 valence electrons. The largest absolute Gasteiger partial charge is 0.337 e. The number of likely N-dealkylation sites (tertiary alicyclic amines) is 2. The van der Waals surface area contributed by atoms with Crippen LogP contribution in [0, 0.1) is 0 Å². The second-order valence-corrected chi connectivity index (χ2v) is 7.31. The summed E-state index contributed by atoms with van der Waals surface area (Å²) in [5.74, 6) is 0.0975. The van der Waals surface area contributed by atoms with Gasteiger partial charge in [-0.15, -0.1) is 0 Å². The third-order valence-corrected chi connectivity index (χ3v) is 5.63. The van der Waals surface area contributed by atoms with E-state index in [0.29, 0.717) is 23.3 Å². The van der Waals surface area contributed by atoms with Crippen molar-refractivity contribution in [3.05, 3.63) is 52.3 Å². The molecule has 2 fully saturated rings. The molecule has 0 spiro atoms. The average molecular weight is 352 g/mol. The number of aromatic amines is 1. The molecule has 26 heavy (non-hydrogen) atoms. The molecule has 4 rings (SSSR count). The molecule has 2 aromatic rings. The SMILES string of the molecule is C[C@@H]1CCCN1C1CCN(C(=O)c2ccc(-c3ccc(=O)[nH]n3)cc2)C1. The molecular weight excluding hydrogens is 328 g/mol. The molecule has 1 aromatic heterocycles. The second kappa shape index (κ2) is 7.03. The number of nitrogens with one attached hydrogen (secondary N) is 1. The van der Waals surface area contributed by atoms with Crippen molar-refractivity contribution >= 4 is 5.91 Å². The molecule has 1 aromatic carbocycles. The van der Waals surface area contributed by atoms with E-state index in [-0.39, 0.29) is 11.5 Å². The molecular formula is C20H24N4O2. The predicted molar refractivity (Wildman–Crippen MR) is 100 cm³/mol. The smallest absolute Gasteiger partial charge is 0.264 e. The van der Waals surface area contributed by atoms with E-state index >= 15 is 0 Å². The minimum Gasteiger partial charge on any atom is -0.337 e. The Labute approximate surface area is 152 Å². The van der Waals surface area contributed by atoms with Crippen LogP contribution >= 0.6 is 0 Å². The lowest BCUT2D eigenvalue weighted by molar-refractivity contribution is 0.0774. The number of amides is 1. The Balaban J connectivity index is 1.43. The Hall–Kier alpha value is -2.47. The lowest BCUT2D eigenvalue weighted by atomic mass is 10.1. The first-order chi connectivity index (χ1) is 12.6. The van der Waals surface area contributed by atoms with Crippen LogP contribution in [0.2, 0.25) is 0 Å². The van der Waals surface area contributed by atoms with Gasteiger partial charge in [0.15, 0.2) is 0 Å². The highest BCUT2D eigenvalue weighted by Crippen LogP contribution is 2.26. The topological polar surface area (TPSA) is 69.3 Å². The number of rotatable bonds is 3. The average Bonchev–Trinajstić information content (AvgIpc) is 3.31.